The SMILES string of the molecule is CC(C)(C)c1cccc(Oc2nnc(CCl)s2)c1. The summed E-state index contributed by atoms with van der Waals surface area (Å²) in [6.07, 6.45) is 0. The Bertz CT molecular complexity index is 534. The largest absolute Gasteiger partial charge is 0.430 e. The average Bonchev–Trinajstić information content (AvgIpc) is 2.76. The first kappa shape index (κ1) is 13.3. The van der Waals surface area contributed by atoms with Gasteiger partial charge in [0.1, 0.15) is 10.8 Å². The third-order valence-corrected chi connectivity index (χ3v) is 3.68. The van der Waals surface area contributed by atoms with Gasteiger partial charge in [0.2, 0.25) is 0 Å². The van der Waals surface area contributed by atoms with E-state index in [1.54, 1.807) is 0 Å². The molecule has 3 nitrogen and oxygen atoms in total. The Morgan fingerprint density at radius 2 is 2.06 bits per heavy atom. The van der Waals surface area contributed by atoms with Gasteiger partial charge in [-0.2, -0.15) is 0 Å². The van der Waals surface area contributed by atoms with Crippen molar-refractivity contribution in [3.05, 3.63) is 34.8 Å². The summed E-state index contributed by atoms with van der Waals surface area (Å²) in [5, 5.41) is 9.14. The molecule has 0 aliphatic carbocycles. The zero-order valence-corrected chi connectivity index (χ0v) is 12.2. The monoisotopic (exact) mass is 282 g/mol. The van der Waals surface area contributed by atoms with Crippen molar-refractivity contribution in [2.24, 2.45) is 0 Å². The number of rotatable bonds is 3. The van der Waals surface area contributed by atoms with Gasteiger partial charge in [-0.25, -0.2) is 0 Å². The molecule has 1 aromatic heterocycles. The summed E-state index contributed by atoms with van der Waals surface area (Å²) >= 11 is 7.05. The molecule has 0 atom stereocenters. The van der Waals surface area contributed by atoms with Crippen LogP contribution < -0.4 is 4.74 Å². The van der Waals surface area contributed by atoms with Crippen molar-refractivity contribution in [1.82, 2.24) is 10.2 Å². The van der Waals surface area contributed by atoms with Crippen molar-refractivity contribution in [1.29, 1.82) is 0 Å². The molecule has 0 spiro atoms. The van der Waals surface area contributed by atoms with Gasteiger partial charge in [-0.3, -0.25) is 0 Å². The second-order valence-corrected chi connectivity index (χ2v) is 6.27. The molecular weight excluding hydrogens is 268 g/mol. The van der Waals surface area contributed by atoms with E-state index in [2.05, 4.69) is 37.0 Å². The van der Waals surface area contributed by atoms with Gasteiger partial charge in [-0.05, 0) is 23.1 Å². The molecule has 0 saturated heterocycles. The minimum absolute atomic E-state index is 0.0990. The fraction of sp³-hybridized carbons (Fsp3) is 0.385. The van der Waals surface area contributed by atoms with Crippen LogP contribution >= 0.6 is 22.9 Å². The Labute approximate surface area is 116 Å². The number of aromatic nitrogens is 2. The zero-order chi connectivity index (χ0) is 13.2. The number of benzene rings is 1. The van der Waals surface area contributed by atoms with Gasteiger partial charge in [-0.1, -0.05) is 49.3 Å². The van der Waals surface area contributed by atoms with Crippen LogP contribution in [0.25, 0.3) is 0 Å². The van der Waals surface area contributed by atoms with Gasteiger partial charge in [-0.15, -0.1) is 16.7 Å². The van der Waals surface area contributed by atoms with Crippen molar-refractivity contribution in [2.45, 2.75) is 32.1 Å². The van der Waals surface area contributed by atoms with Crippen LogP contribution in [0.3, 0.4) is 0 Å². The highest BCUT2D eigenvalue weighted by atomic mass is 35.5. The maximum Gasteiger partial charge on any atom is 0.299 e. The van der Waals surface area contributed by atoms with Gasteiger partial charge in [0.05, 0.1) is 5.88 Å². The molecule has 0 fully saturated rings. The van der Waals surface area contributed by atoms with E-state index in [1.165, 1.54) is 16.9 Å². The topological polar surface area (TPSA) is 35.0 Å². The van der Waals surface area contributed by atoms with Crippen LogP contribution in [0.4, 0.5) is 0 Å². The Balaban J connectivity index is 2.19. The second kappa shape index (κ2) is 5.24. The molecule has 1 aromatic carbocycles. The molecule has 0 N–H and O–H groups in total. The molecule has 5 heteroatoms. The fourth-order valence-corrected chi connectivity index (χ4v) is 2.23. The van der Waals surface area contributed by atoms with Gasteiger partial charge in [0, 0.05) is 0 Å². The highest BCUT2D eigenvalue weighted by molar-refractivity contribution is 7.13. The lowest BCUT2D eigenvalue weighted by molar-refractivity contribution is 0.469. The highest BCUT2D eigenvalue weighted by Crippen LogP contribution is 2.29. The number of nitrogens with zero attached hydrogens (tertiary/aromatic N) is 2. The molecule has 96 valence electrons. The number of alkyl halides is 1. The molecular formula is C13H15ClN2OS. The lowest BCUT2D eigenvalue weighted by Gasteiger charge is -2.19. The molecule has 0 bridgehead atoms. The number of hydrogen-bond donors (Lipinski definition) is 0. The Morgan fingerprint density at radius 3 is 2.67 bits per heavy atom. The summed E-state index contributed by atoms with van der Waals surface area (Å²) < 4.78 is 5.68. The Morgan fingerprint density at radius 1 is 1.28 bits per heavy atom. The number of halogens is 1. The molecule has 0 aliphatic heterocycles. The van der Waals surface area contributed by atoms with E-state index in [1.807, 2.05) is 18.2 Å². The minimum atomic E-state index is 0.0990. The molecule has 0 saturated carbocycles. The van der Waals surface area contributed by atoms with E-state index in [-0.39, 0.29) is 5.41 Å². The van der Waals surface area contributed by atoms with Crippen LogP contribution in [0.5, 0.6) is 10.9 Å². The number of hydrogen-bond acceptors (Lipinski definition) is 4. The summed E-state index contributed by atoms with van der Waals surface area (Å²) in [7, 11) is 0. The fourth-order valence-electron chi connectivity index (χ4n) is 1.46. The summed E-state index contributed by atoms with van der Waals surface area (Å²) in [5.41, 5.74) is 1.32. The molecule has 1 heterocycles. The zero-order valence-electron chi connectivity index (χ0n) is 10.6. The molecule has 2 aromatic rings. The van der Waals surface area contributed by atoms with E-state index in [0.717, 1.165) is 10.8 Å². The Kier molecular flexibility index (Phi) is 3.88. The van der Waals surface area contributed by atoms with E-state index >= 15 is 0 Å². The van der Waals surface area contributed by atoms with Crippen LogP contribution in [0, 0.1) is 0 Å². The van der Waals surface area contributed by atoms with Gasteiger partial charge in [0.15, 0.2) is 0 Å². The smallest absolute Gasteiger partial charge is 0.299 e. The number of ether oxygens (including phenoxy) is 1. The van der Waals surface area contributed by atoms with Crippen molar-refractivity contribution >= 4 is 22.9 Å². The third kappa shape index (κ3) is 3.21. The third-order valence-electron chi connectivity index (χ3n) is 2.47. The van der Waals surface area contributed by atoms with E-state index in [0.29, 0.717) is 11.1 Å². The standard InChI is InChI=1S/C13H15ClN2OS/c1-13(2,3)9-5-4-6-10(7-9)17-12-16-15-11(8-14)18-12/h4-7H,8H2,1-3H3. The van der Waals surface area contributed by atoms with Gasteiger partial charge >= 0.3 is 0 Å². The lowest BCUT2D eigenvalue weighted by atomic mass is 9.87. The van der Waals surface area contributed by atoms with Crippen molar-refractivity contribution in [3.63, 3.8) is 0 Å². The predicted molar refractivity (Wildman–Crippen MR) is 74.7 cm³/mol. The van der Waals surface area contributed by atoms with E-state index < -0.39 is 0 Å². The van der Waals surface area contributed by atoms with Crippen LogP contribution in [0.2, 0.25) is 0 Å². The molecule has 0 aliphatic rings. The first-order chi connectivity index (χ1) is 8.49. The van der Waals surface area contributed by atoms with Crippen molar-refractivity contribution < 1.29 is 4.74 Å². The quantitative estimate of drug-likeness (QED) is 0.784. The highest BCUT2D eigenvalue weighted by Gasteiger charge is 2.14. The maximum atomic E-state index is 5.68. The molecule has 0 amide bonds. The van der Waals surface area contributed by atoms with E-state index in [4.69, 9.17) is 16.3 Å². The second-order valence-electron chi connectivity index (χ2n) is 4.98. The van der Waals surface area contributed by atoms with Crippen molar-refractivity contribution in [3.8, 4) is 10.9 Å². The van der Waals surface area contributed by atoms with Crippen LogP contribution in [-0.4, -0.2) is 10.2 Å². The van der Waals surface area contributed by atoms with Crippen LogP contribution in [0.1, 0.15) is 31.3 Å². The molecule has 0 unspecified atom stereocenters. The average molecular weight is 283 g/mol. The molecule has 2 rings (SSSR count). The van der Waals surface area contributed by atoms with Crippen molar-refractivity contribution in [2.75, 3.05) is 0 Å². The minimum Gasteiger partial charge on any atom is -0.430 e. The van der Waals surface area contributed by atoms with E-state index in [9.17, 15) is 0 Å². The summed E-state index contributed by atoms with van der Waals surface area (Å²) in [6, 6.07) is 8.02. The lowest BCUT2D eigenvalue weighted by Crippen LogP contribution is -2.10. The van der Waals surface area contributed by atoms with Crippen LogP contribution in [-0.2, 0) is 11.3 Å². The van der Waals surface area contributed by atoms with Crippen LogP contribution in [0.15, 0.2) is 24.3 Å². The predicted octanol–water partition coefficient (Wildman–Crippen LogP) is 4.37. The maximum absolute atomic E-state index is 5.68. The summed E-state index contributed by atoms with van der Waals surface area (Å²) in [4.78, 5) is 0. The summed E-state index contributed by atoms with van der Waals surface area (Å²) in [6.45, 7) is 6.51. The Hall–Kier alpha value is -1.13. The summed E-state index contributed by atoms with van der Waals surface area (Å²) in [5.74, 6) is 1.14. The molecule has 18 heavy (non-hydrogen) atoms. The first-order valence-electron chi connectivity index (χ1n) is 5.66. The normalized spacial score (nSPS) is 11.6. The van der Waals surface area contributed by atoms with Gasteiger partial charge < -0.3 is 4.74 Å². The van der Waals surface area contributed by atoms with Gasteiger partial charge in [0.25, 0.3) is 5.19 Å². The first-order valence-corrected chi connectivity index (χ1v) is 7.01. The molecule has 0 radical (unpaired) electrons.